The van der Waals surface area contributed by atoms with Crippen molar-refractivity contribution < 1.29 is 13.0 Å². The first-order chi connectivity index (χ1) is 7.56. The topological polar surface area (TPSA) is 57.2 Å². The van der Waals surface area contributed by atoms with E-state index in [2.05, 4.69) is 33.6 Å². The van der Waals surface area contributed by atoms with Gasteiger partial charge in [-0.1, -0.05) is 39.0 Å². The SMILES string of the molecule is CCCCCCCCS(=O)(=O)[O-].C[P+](C)(C)C. The first-order valence-electron chi connectivity index (χ1n) is 6.28. The summed E-state index contributed by atoms with van der Waals surface area (Å²) in [5.41, 5.74) is 0. The van der Waals surface area contributed by atoms with Crippen LogP contribution < -0.4 is 0 Å². The molecule has 0 rings (SSSR count). The van der Waals surface area contributed by atoms with E-state index >= 15 is 0 Å². The normalized spacial score (nSPS) is 11.9. The Labute approximate surface area is 108 Å². The van der Waals surface area contributed by atoms with Crippen molar-refractivity contribution in [2.24, 2.45) is 0 Å². The van der Waals surface area contributed by atoms with Crippen LogP contribution >= 0.6 is 7.26 Å². The van der Waals surface area contributed by atoms with Crippen molar-refractivity contribution in [2.75, 3.05) is 32.4 Å². The van der Waals surface area contributed by atoms with Gasteiger partial charge in [0.25, 0.3) is 0 Å². The van der Waals surface area contributed by atoms with Crippen LogP contribution in [0, 0.1) is 0 Å². The Balaban J connectivity index is 0. The predicted molar refractivity (Wildman–Crippen MR) is 78.6 cm³/mol. The lowest BCUT2D eigenvalue weighted by Crippen LogP contribution is -2.03. The molecule has 0 aromatic rings. The summed E-state index contributed by atoms with van der Waals surface area (Å²) in [6, 6.07) is 0. The monoisotopic (exact) mass is 284 g/mol. The number of hydrogen-bond donors (Lipinski definition) is 0. The Kier molecular flexibility index (Phi) is 11.9. The maximum atomic E-state index is 10.2. The van der Waals surface area contributed by atoms with Gasteiger partial charge in [0, 0.05) is 39.7 Å². The minimum Gasteiger partial charge on any atom is -0.748 e. The highest BCUT2D eigenvalue weighted by Crippen LogP contribution is 2.40. The van der Waals surface area contributed by atoms with Crippen molar-refractivity contribution in [3.05, 3.63) is 0 Å². The molecule has 0 saturated carbocycles. The molecule has 0 bridgehead atoms. The van der Waals surface area contributed by atoms with Crippen LogP contribution in [0.3, 0.4) is 0 Å². The molecule has 0 saturated heterocycles. The van der Waals surface area contributed by atoms with E-state index in [1.807, 2.05) is 0 Å². The molecule has 0 heterocycles. The summed E-state index contributed by atoms with van der Waals surface area (Å²) >= 11 is 0. The third kappa shape index (κ3) is 38.5. The van der Waals surface area contributed by atoms with E-state index in [1.54, 1.807) is 0 Å². The largest absolute Gasteiger partial charge is 0.748 e. The fourth-order valence-electron chi connectivity index (χ4n) is 1.06. The van der Waals surface area contributed by atoms with E-state index in [4.69, 9.17) is 0 Å². The highest BCUT2D eigenvalue weighted by Gasteiger charge is 2.03. The third-order valence-corrected chi connectivity index (χ3v) is 2.54. The van der Waals surface area contributed by atoms with Crippen LogP contribution in [0.5, 0.6) is 0 Å². The Morgan fingerprint density at radius 2 is 1.24 bits per heavy atom. The van der Waals surface area contributed by atoms with Crippen LogP contribution in [0.1, 0.15) is 45.4 Å². The maximum absolute atomic E-state index is 10.2. The zero-order chi connectivity index (χ0) is 13.9. The second kappa shape index (κ2) is 10.3. The van der Waals surface area contributed by atoms with Crippen LogP contribution in [0.4, 0.5) is 0 Å². The first-order valence-corrected chi connectivity index (χ1v) is 11.4. The van der Waals surface area contributed by atoms with E-state index in [0.717, 1.165) is 19.3 Å². The Hall–Kier alpha value is 0.340. The highest BCUT2D eigenvalue weighted by atomic mass is 32.2. The third-order valence-electron chi connectivity index (χ3n) is 1.75. The molecular formula is C12H29O3PS. The van der Waals surface area contributed by atoms with Crippen molar-refractivity contribution in [2.45, 2.75) is 45.4 Å². The van der Waals surface area contributed by atoms with Gasteiger partial charge in [0.2, 0.25) is 0 Å². The molecule has 0 unspecified atom stereocenters. The van der Waals surface area contributed by atoms with Gasteiger partial charge in [0.05, 0.1) is 10.1 Å². The Morgan fingerprint density at radius 3 is 1.59 bits per heavy atom. The number of hydrogen-bond acceptors (Lipinski definition) is 3. The minimum absolute atomic E-state index is 0.195. The van der Waals surface area contributed by atoms with E-state index in [1.165, 1.54) is 12.8 Å². The van der Waals surface area contributed by atoms with Crippen LogP contribution in [-0.2, 0) is 10.1 Å². The zero-order valence-electron chi connectivity index (χ0n) is 12.0. The van der Waals surface area contributed by atoms with Crippen LogP contribution in [0.25, 0.3) is 0 Å². The molecule has 0 aromatic carbocycles. The molecule has 0 aromatic heterocycles. The van der Waals surface area contributed by atoms with Crippen molar-refractivity contribution in [1.82, 2.24) is 0 Å². The molecule has 5 heteroatoms. The second-order valence-corrected chi connectivity index (χ2v) is 12.6. The van der Waals surface area contributed by atoms with Gasteiger partial charge in [-0.25, -0.2) is 8.42 Å². The van der Waals surface area contributed by atoms with Crippen molar-refractivity contribution in [3.8, 4) is 0 Å². The average molecular weight is 284 g/mol. The summed E-state index contributed by atoms with van der Waals surface area (Å²) in [5.74, 6) is -0.195. The van der Waals surface area contributed by atoms with Gasteiger partial charge >= 0.3 is 0 Å². The van der Waals surface area contributed by atoms with Gasteiger partial charge < -0.3 is 4.55 Å². The fraction of sp³-hybridized carbons (Fsp3) is 1.00. The first kappa shape index (κ1) is 19.7. The van der Waals surface area contributed by atoms with Gasteiger partial charge in [-0.15, -0.1) is 0 Å². The summed E-state index contributed by atoms with van der Waals surface area (Å²) < 4.78 is 30.5. The van der Waals surface area contributed by atoms with Gasteiger partial charge in [-0.3, -0.25) is 0 Å². The molecule has 17 heavy (non-hydrogen) atoms. The van der Waals surface area contributed by atoms with Gasteiger partial charge in [-0.2, -0.15) is 0 Å². The highest BCUT2D eigenvalue weighted by molar-refractivity contribution is 7.85. The summed E-state index contributed by atoms with van der Waals surface area (Å²) in [6.45, 7) is 11.3. The summed E-state index contributed by atoms with van der Waals surface area (Å²) in [6.07, 6.45) is 5.96. The molecule has 0 fully saturated rings. The Morgan fingerprint density at radius 1 is 0.882 bits per heavy atom. The number of rotatable bonds is 7. The maximum Gasteiger partial charge on any atom is 0.0945 e. The van der Waals surface area contributed by atoms with Crippen LogP contribution in [0.2, 0.25) is 0 Å². The lowest BCUT2D eigenvalue weighted by Gasteiger charge is -2.05. The molecule has 0 spiro atoms. The van der Waals surface area contributed by atoms with E-state index in [9.17, 15) is 13.0 Å². The lowest BCUT2D eigenvalue weighted by atomic mass is 10.1. The van der Waals surface area contributed by atoms with Gasteiger partial charge in [0.1, 0.15) is 0 Å². The van der Waals surface area contributed by atoms with Crippen molar-refractivity contribution in [3.63, 3.8) is 0 Å². The summed E-state index contributed by atoms with van der Waals surface area (Å²) in [4.78, 5) is 0. The molecule has 0 aliphatic carbocycles. The van der Waals surface area contributed by atoms with Gasteiger partial charge in [0.15, 0.2) is 0 Å². The molecule has 3 nitrogen and oxygen atoms in total. The average Bonchev–Trinajstić information content (AvgIpc) is 2.06. The van der Waals surface area contributed by atoms with E-state index in [-0.39, 0.29) is 13.0 Å². The van der Waals surface area contributed by atoms with E-state index in [0.29, 0.717) is 6.42 Å². The van der Waals surface area contributed by atoms with Crippen molar-refractivity contribution >= 4 is 17.4 Å². The van der Waals surface area contributed by atoms with E-state index < -0.39 is 10.1 Å². The summed E-state index contributed by atoms with van der Waals surface area (Å²) in [7, 11) is -4.36. The molecule has 0 aliphatic heterocycles. The molecule has 0 aliphatic rings. The minimum atomic E-state index is -3.97. The lowest BCUT2D eigenvalue weighted by molar-refractivity contribution is 0.459. The fourth-order valence-corrected chi connectivity index (χ4v) is 1.62. The van der Waals surface area contributed by atoms with Crippen molar-refractivity contribution in [1.29, 1.82) is 0 Å². The molecule has 0 radical (unpaired) electrons. The second-order valence-electron chi connectivity index (χ2n) is 5.71. The molecular weight excluding hydrogens is 255 g/mol. The molecule has 0 atom stereocenters. The Bertz CT molecular complexity index is 249. The molecule has 0 N–H and O–H groups in total. The van der Waals surface area contributed by atoms with Gasteiger partial charge in [-0.05, 0) is 6.42 Å². The quantitative estimate of drug-likeness (QED) is 0.409. The van der Waals surface area contributed by atoms with Crippen LogP contribution in [0.15, 0.2) is 0 Å². The zero-order valence-corrected chi connectivity index (χ0v) is 13.7. The molecule has 106 valence electrons. The standard InChI is InChI=1S/C8H18O3S.C4H12P/c1-2-3-4-5-6-7-8-12(9,10)11;1-5(2,3)4/h2-8H2,1H3,(H,9,10,11);1-4H3/q;+1/p-1. The smallest absolute Gasteiger partial charge is 0.0945 e. The van der Waals surface area contributed by atoms with Crippen LogP contribution in [-0.4, -0.2) is 45.4 Å². The number of unbranched alkanes of at least 4 members (excludes halogenated alkanes) is 5. The summed E-state index contributed by atoms with van der Waals surface area (Å²) in [5, 5.41) is 0. The molecule has 0 amide bonds. The predicted octanol–water partition coefficient (Wildman–Crippen LogP) is 3.42.